The zero-order chi connectivity index (χ0) is 9.84. The van der Waals surface area contributed by atoms with E-state index in [9.17, 15) is 4.39 Å². The van der Waals surface area contributed by atoms with Crippen LogP contribution in [0.4, 0.5) is 4.39 Å². The maximum atomic E-state index is 13.3. The second kappa shape index (κ2) is 5.11. The topological polar surface area (TPSA) is 0 Å². The average molecular weight is 310 g/mol. The molecule has 1 rings (SSSR count). The molecule has 0 aliphatic rings. The molecule has 0 amide bonds. The van der Waals surface area contributed by atoms with Gasteiger partial charge in [-0.25, -0.2) is 4.39 Å². The molecule has 0 radical (unpaired) electrons. The van der Waals surface area contributed by atoms with E-state index in [1.807, 2.05) is 12.1 Å². The first kappa shape index (κ1) is 11.2. The van der Waals surface area contributed by atoms with E-state index >= 15 is 0 Å². The van der Waals surface area contributed by atoms with Crippen molar-refractivity contribution in [3.05, 3.63) is 34.1 Å². The minimum atomic E-state index is -0.123. The highest BCUT2D eigenvalue weighted by Gasteiger charge is 2.06. The Balaban J connectivity index is 2.77. The second-order valence-electron chi connectivity index (χ2n) is 3.20. The lowest BCUT2D eigenvalue weighted by Crippen LogP contribution is -2.02. The Morgan fingerprint density at radius 1 is 1.46 bits per heavy atom. The van der Waals surface area contributed by atoms with Crippen molar-refractivity contribution in [3.63, 3.8) is 0 Å². The van der Waals surface area contributed by atoms with E-state index in [1.54, 1.807) is 0 Å². The van der Waals surface area contributed by atoms with Crippen LogP contribution in [0.3, 0.4) is 0 Å². The molecule has 0 bridgehead atoms. The van der Waals surface area contributed by atoms with Crippen LogP contribution in [0.5, 0.6) is 0 Å². The van der Waals surface area contributed by atoms with Crippen molar-refractivity contribution in [2.45, 2.75) is 13.3 Å². The summed E-state index contributed by atoms with van der Waals surface area (Å²) >= 11 is 6.61. The standard InChI is InChI=1S/C10H11Br2F/c1-7(6-11)4-8-2-3-9(12)5-10(8)13/h2-3,5,7H,4,6H2,1H3. The molecule has 3 heteroatoms. The normalized spacial score (nSPS) is 12.9. The quantitative estimate of drug-likeness (QED) is 0.735. The van der Waals surface area contributed by atoms with Crippen LogP contribution >= 0.6 is 31.9 Å². The van der Waals surface area contributed by atoms with E-state index in [0.717, 1.165) is 21.8 Å². The molecule has 0 nitrogen and oxygen atoms in total. The van der Waals surface area contributed by atoms with Gasteiger partial charge in [-0.2, -0.15) is 0 Å². The van der Waals surface area contributed by atoms with E-state index in [0.29, 0.717) is 5.92 Å². The average Bonchev–Trinajstić information content (AvgIpc) is 2.09. The van der Waals surface area contributed by atoms with Crippen molar-refractivity contribution in [1.82, 2.24) is 0 Å². The summed E-state index contributed by atoms with van der Waals surface area (Å²) in [5, 5.41) is 0.905. The zero-order valence-electron chi connectivity index (χ0n) is 7.36. The third kappa shape index (κ3) is 3.39. The van der Waals surface area contributed by atoms with Gasteiger partial charge in [-0.1, -0.05) is 44.8 Å². The van der Waals surface area contributed by atoms with Gasteiger partial charge in [0.1, 0.15) is 5.82 Å². The Bertz CT molecular complexity index is 286. The Kier molecular flexibility index (Phi) is 4.39. The Labute approximate surface area is 94.8 Å². The summed E-state index contributed by atoms with van der Waals surface area (Å²) in [6.07, 6.45) is 0.782. The predicted molar refractivity (Wildman–Crippen MR) is 60.8 cm³/mol. The van der Waals surface area contributed by atoms with Gasteiger partial charge in [0.25, 0.3) is 0 Å². The molecule has 0 saturated carbocycles. The maximum Gasteiger partial charge on any atom is 0.127 e. The molecule has 1 aromatic carbocycles. The van der Waals surface area contributed by atoms with Gasteiger partial charge in [0.2, 0.25) is 0 Å². The van der Waals surface area contributed by atoms with Gasteiger partial charge in [0.15, 0.2) is 0 Å². The first-order valence-corrected chi connectivity index (χ1v) is 6.05. The van der Waals surface area contributed by atoms with Crippen LogP contribution in [0.2, 0.25) is 0 Å². The second-order valence-corrected chi connectivity index (χ2v) is 4.76. The van der Waals surface area contributed by atoms with E-state index in [1.165, 1.54) is 6.07 Å². The van der Waals surface area contributed by atoms with Crippen LogP contribution in [0.25, 0.3) is 0 Å². The summed E-state index contributed by atoms with van der Waals surface area (Å²) in [6, 6.07) is 5.22. The van der Waals surface area contributed by atoms with Crippen LogP contribution in [0, 0.1) is 11.7 Å². The largest absolute Gasteiger partial charge is 0.207 e. The van der Waals surface area contributed by atoms with Gasteiger partial charge >= 0.3 is 0 Å². The van der Waals surface area contributed by atoms with Crippen LogP contribution in [-0.4, -0.2) is 5.33 Å². The van der Waals surface area contributed by atoms with Crippen molar-refractivity contribution >= 4 is 31.9 Å². The molecule has 1 atom stereocenters. The zero-order valence-corrected chi connectivity index (χ0v) is 10.5. The Morgan fingerprint density at radius 3 is 2.69 bits per heavy atom. The summed E-state index contributed by atoms with van der Waals surface area (Å²) in [5.74, 6) is 0.345. The number of halogens is 3. The van der Waals surface area contributed by atoms with Gasteiger partial charge in [0.05, 0.1) is 0 Å². The number of hydrogen-bond acceptors (Lipinski definition) is 0. The van der Waals surface area contributed by atoms with E-state index in [2.05, 4.69) is 38.8 Å². The fourth-order valence-corrected chi connectivity index (χ4v) is 1.68. The first-order chi connectivity index (χ1) is 6.13. The van der Waals surface area contributed by atoms with E-state index in [4.69, 9.17) is 0 Å². The lowest BCUT2D eigenvalue weighted by molar-refractivity contribution is 0.578. The molecule has 0 heterocycles. The minimum Gasteiger partial charge on any atom is -0.207 e. The first-order valence-electron chi connectivity index (χ1n) is 4.13. The Morgan fingerprint density at radius 2 is 2.15 bits per heavy atom. The summed E-state index contributed by atoms with van der Waals surface area (Å²) in [6.45, 7) is 2.09. The third-order valence-electron chi connectivity index (χ3n) is 1.85. The fraction of sp³-hybridized carbons (Fsp3) is 0.400. The fourth-order valence-electron chi connectivity index (χ4n) is 1.12. The molecule has 13 heavy (non-hydrogen) atoms. The van der Waals surface area contributed by atoms with Gasteiger partial charge in [-0.15, -0.1) is 0 Å². The molecule has 1 unspecified atom stereocenters. The van der Waals surface area contributed by atoms with Crippen molar-refractivity contribution in [2.75, 3.05) is 5.33 Å². The highest BCUT2D eigenvalue weighted by atomic mass is 79.9. The molecule has 72 valence electrons. The lowest BCUT2D eigenvalue weighted by Gasteiger charge is -2.08. The molecule has 0 aliphatic heterocycles. The molecule has 1 aromatic rings. The van der Waals surface area contributed by atoms with Gasteiger partial charge in [-0.3, -0.25) is 0 Å². The van der Waals surface area contributed by atoms with Crippen molar-refractivity contribution in [2.24, 2.45) is 5.92 Å². The highest BCUT2D eigenvalue weighted by Crippen LogP contribution is 2.18. The van der Waals surface area contributed by atoms with E-state index < -0.39 is 0 Å². The van der Waals surface area contributed by atoms with Crippen LogP contribution in [-0.2, 0) is 6.42 Å². The number of benzene rings is 1. The number of rotatable bonds is 3. The predicted octanol–water partition coefficient (Wildman–Crippen LogP) is 4.16. The highest BCUT2D eigenvalue weighted by molar-refractivity contribution is 9.10. The molecule has 0 aliphatic carbocycles. The molecule has 0 saturated heterocycles. The molecule has 0 spiro atoms. The van der Waals surface area contributed by atoms with Gasteiger partial charge in [-0.05, 0) is 30.0 Å². The van der Waals surface area contributed by atoms with Crippen molar-refractivity contribution in [1.29, 1.82) is 0 Å². The Hall–Kier alpha value is 0.110. The lowest BCUT2D eigenvalue weighted by atomic mass is 10.0. The van der Waals surface area contributed by atoms with Crippen LogP contribution < -0.4 is 0 Å². The summed E-state index contributed by atoms with van der Waals surface area (Å²) in [5.41, 5.74) is 0.787. The maximum absolute atomic E-state index is 13.3. The minimum absolute atomic E-state index is 0.123. The number of hydrogen-bond donors (Lipinski definition) is 0. The van der Waals surface area contributed by atoms with Crippen molar-refractivity contribution in [3.8, 4) is 0 Å². The molecule has 0 aromatic heterocycles. The summed E-state index contributed by atoms with van der Waals surface area (Å²) < 4.78 is 14.1. The van der Waals surface area contributed by atoms with Crippen molar-refractivity contribution < 1.29 is 4.39 Å². The SMILES string of the molecule is CC(CBr)Cc1ccc(Br)cc1F. The monoisotopic (exact) mass is 308 g/mol. The molecule has 0 N–H and O–H groups in total. The van der Waals surface area contributed by atoms with Gasteiger partial charge in [0, 0.05) is 9.80 Å². The summed E-state index contributed by atoms with van der Waals surface area (Å²) in [7, 11) is 0. The van der Waals surface area contributed by atoms with Crippen LogP contribution in [0.15, 0.2) is 22.7 Å². The van der Waals surface area contributed by atoms with E-state index in [-0.39, 0.29) is 5.82 Å². The molecular weight excluding hydrogens is 299 g/mol. The van der Waals surface area contributed by atoms with Gasteiger partial charge < -0.3 is 0 Å². The van der Waals surface area contributed by atoms with Crippen LogP contribution in [0.1, 0.15) is 12.5 Å². The molecule has 0 fully saturated rings. The smallest absolute Gasteiger partial charge is 0.127 e. The molecular formula is C10H11Br2F. The third-order valence-corrected chi connectivity index (χ3v) is 3.45. The number of alkyl halides is 1. The summed E-state index contributed by atoms with van der Waals surface area (Å²) in [4.78, 5) is 0.